The molecule has 0 bridgehead atoms. The van der Waals surface area contributed by atoms with Gasteiger partial charge in [0.25, 0.3) is 0 Å². The fourth-order valence-corrected chi connectivity index (χ4v) is 0.621. The van der Waals surface area contributed by atoms with Gasteiger partial charge < -0.3 is 10.1 Å². The quantitative estimate of drug-likeness (QED) is 0.603. The first-order chi connectivity index (χ1) is 6.11. The molecule has 1 radical (unpaired) electrons. The fourth-order valence-electron chi connectivity index (χ4n) is 0.621. The number of hydrogen-bond acceptors (Lipinski definition) is 3. The van der Waals surface area contributed by atoms with E-state index in [2.05, 4.69) is 10.1 Å². The van der Waals surface area contributed by atoms with Gasteiger partial charge in [0.1, 0.15) is 6.54 Å². The second-order valence-electron chi connectivity index (χ2n) is 2.59. The van der Waals surface area contributed by atoms with Crippen molar-refractivity contribution in [3.05, 3.63) is 0 Å². The van der Waals surface area contributed by atoms with Crippen molar-refractivity contribution < 1.29 is 19.4 Å². The second kappa shape index (κ2) is 6.42. The first-order valence-electron chi connectivity index (χ1n) is 4.13. The standard InChI is InChI=1S/C8H14NO4/c1-3-13-7(11)4-9-8(12)6(2)5-10/h6H,3-5H2,1-2H3,(H,9,12). The number of carbonyl (C=O) groups excluding carboxylic acids is 2. The van der Waals surface area contributed by atoms with Crippen molar-refractivity contribution in [2.75, 3.05) is 19.8 Å². The van der Waals surface area contributed by atoms with Gasteiger partial charge in [0.2, 0.25) is 5.91 Å². The van der Waals surface area contributed by atoms with Crippen LogP contribution in [0.4, 0.5) is 0 Å². The summed E-state index contributed by atoms with van der Waals surface area (Å²) in [5.41, 5.74) is 0. The number of ether oxygens (including phenoxy) is 1. The molecule has 75 valence electrons. The Labute approximate surface area is 77.1 Å². The van der Waals surface area contributed by atoms with E-state index in [1.165, 1.54) is 6.92 Å². The third-order valence-electron chi connectivity index (χ3n) is 1.41. The summed E-state index contributed by atoms with van der Waals surface area (Å²) < 4.78 is 4.57. The Morgan fingerprint density at radius 2 is 2.08 bits per heavy atom. The number of rotatable bonds is 5. The van der Waals surface area contributed by atoms with Crippen LogP contribution in [-0.2, 0) is 19.4 Å². The van der Waals surface area contributed by atoms with Crippen molar-refractivity contribution in [1.29, 1.82) is 0 Å². The molecule has 0 aromatic heterocycles. The molecule has 0 spiro atoms. The average Bonchev–Trinajstić information content (AvgIpc) is 2.13. The van der Waals surface area contributed by atoms with Crippen molar-refractivity contribution in [2.45, 2.75) is 13.8 Å². The Kier molecular flexibility index (Phi) is 5.88. The van der Waals surface area contributed by atoms with Crippen molar-refractivity contribution >= 4 is 11.9 Å². The molecule has 0 saturated carbocycles. The SMILES string of the molecule is CCOC(=O)CNC(=O)C(C)C[O]. The van der Waals surface area contributed by atoms with Crippen LogP contribution in [0.3, 0.4) is 0 Å². The molecule has 1 atom stereocenters. The van der Waals surface area contributed by atoms with Gasteiger partial charge in [-0.2, -0.15) is 0 Å². The molecule has 1 N–H and O–H groups in total. The molecular weight excluding hydrogens is 174 g/mol. The molecule has 0 aromatic rings. The van der Waals surface area contributed by atoms with E-state index in [0.29, 0.717) is 0 Å². The topological polar surface area (TPSA) is 75.3 Å². The normalized spacial score (nSPS) is 11.9. The highest BCUT2D eigenvalue weighted by atomic mass is 16.5. The number of amides is 1. The maximum Gasteiger partial charge on any atom is 0.325 e. The number of hydrogen-bond donors (Lipinski definition) is 1. The van der Waals surface area contributed by atoms with Gasteiger partial charge in [0.05, 0.1) is 19.1 Å². The molecule has 0 heterocycles. The Morgan fingerprint density at radius 3 is 2.54 bits per heavy atom. The van der Waals surface area contributed by atoms with E-state index in [1.807, 2.05) is 0 Å². The van der Waals surface area contributed by atoms with Crippen molar-refractivity contribution in [2.24, 2.45) is 5.92 Å². The lowest BCUT2D eigenvalue weighted by atomic mass is 10.2. The van der Waals surface area contributed by atoms with Crippen LogP contribution >= 0.6 is 0 Å². The van der Waals surface area contributed by atoms with E-state index in [4.69, 9.17) is 0 Å². The molecule has 0 rings (SSSR count). The monoisotopic (exact) mass is 188 g/mol. The highest BCUT2D eigenvalue weighted by molar-refractivity contribution is 5.83. The minimum atomic E-state index is -0.602. The van der Waals surface area contributed by atoms with Gasteiger partial charge in [-0.05, 0) is 6.92 Å². The Morgan fingerprint density at radius 1 is 1.46 bits per heavy atom. The lowest BCUT2D eigenvalue weighted by Gasteiger charge is -2.07. The van der Waals surface area contributed by atoms with E-state index in [9.17, 15) is 14.7 Å². The zero-order valence-corrected chi connectivity index (χ0v) is 7.83. The van der Waals surface area contributed by atoms with Crippen LogP contribution < -0.4 is 5.32 Å². The molecule has 0 aromatic carbocycles. The van der Waals surface area contributed by atoms with Crippen LogP contribution in [0.2, 0.25) is 0 Å². The molecule has 0 aliphatic rings. The molecule has 13 heavy (non-hydrogen) atoms. The van der Waals surface area contributed by atoms with Crippen LogP contribution in [0, 0.1) is 5.92 Å². The van der Waals surface area contributed by atoms with E-state index >= 15 is 0 Å². The van der Waals surface area contributed by atoms with Crippen LogP contribution in [0.1, 0.15) is 13.8 Å². The predicted molar refractivity (Wildman–Crippen MR) is 44.4 cm³/mol. The van der Waals surface area contributed by atoms with Crippen molar-refractivity contribution in [3.63, 3.8) is 0 Å². The number of carbonyl (C=O) groups is 2. The second-order valence-corrected chi connectivity index (χ2v) is 2.59. The minimum Gasteiger partial charge on any atom is -0.465 e. The van der Waals surface area contributed by atoms with Gasteiger partial charge in [-0.3, -0.25) is 9.59 Å². The van der Waals surface area contributed by atoms with Crippen LogP contribution in [0.25, 0.3) is 0 Å². The maximum absolute atomic E-state index is 11.0. The summed E-state index contributed by atoms with van der Waals surface area (Å²) in [6.45, 7) is 2.82. The van der Waals surface area contributed by atoms with Crippen molar-refractivity contribution in [3.8, 4) is 0 Å². The molecule has 1 amide bonds. The summed E-state index contributed by atoms with van der Waals surface area (Å²) in [5.74, 6) is -1.51. The smallest absolute Gasteiger partial charge is 0.325 e. The van der Waals surface area contributed by atoms with E-state index in [0.717, 1.165) is 0 Å². The van der Waals surface area contributed by atoms with Gasteiger partial charge in [0.15, 0.2) is 0 Å². The molecule has 0 aliphatic heterocycles. The summed E-state index contributed by atoms with van der Waals surface area (Å²) >= 11 is 0. The summed E-state index contributed by atoms with van der Waals surface area (Å²) in [7, 11) is 0. The van der Waals surface area contributed by atoms with Crippen LogP contribution in [-0.4, -0.2) is 31.6 Å². The van der Waals surface area contributed by atoms with E-state index in [-0.39, 0.29) is 13.2 Å². The third-order valence-corrected chi connectivity index (χ3v) is 1.41. The van der Waals surface area contributed by atoms with Gasteiger partial charge in [-0.1, -0.05) is 6.92 Å². The Balaban J connectivity index is 3.63. The molecule has 5 heteroatoms. The third kappa shape index (κ3) is 5.19. The predicted octanol–water partition coefficient (Wildman–Crippen LogP) is -0.268. The van der Waals surface area contributed by atoms with Crippen LogP contribution in [0.15, 0.2) is 0 Å². The summed E-state index contributed by atoms with van der Waals surface area (Å²) in [6, 6.07) is 0. The molecule has 1 unspecified atom stereocenters. The van der Waals surface area contributed by atoms with E-state index < -0.39 is 24.4 Å². The average molecular weight is 188 g/mol. The highest BCUT2D eigenvalue weighted by Crippen LogP contribution is 1.91. The Bertz CT molecular complexity index is 181. The maximum atomic E-state index is 11.0. The van der Waals surface area contributed by atoms with Gasteiger partial charge in [0, 0.05) is 0 Å². The van der Waals surface area contributed by atoms with E-state index in [1.54, 1.807) is 6.92 Å². The first-order valence-corrected chi connectivity index (χ1v) is 4.13. The largest absolute Gasteiger partial charge is 0.465 e. The minimum absolute atomic E-state index is 0.170. The lowest BCUT2D eigenvalue weighted by Crippen LogP contribution is -2.35. The highest BCUT2D eigenvalue weighted by Gasteiger charge is 2.13. The zero-order chi connectivity index (χ0) is 10.3. The fraction of sp³-hybridized carbons (Fsp3) is 0.750. The van der Waals surface area contributed by atoms with Gasteiger partial charge in [-0.15, -0.1) is 0 Å². The summed E-state index contributed by atoms with van der Waals surface area (Å²) in [5, 5.41) is 12.6. The molecule has 0 aliphatic carbocycles. The summed E-state index contributed by atoms with van der Waals surface area (Å²) in [4.78, 5) is 21.7. The molecule has 0 saturated heterocycles. The zero-order valence-electron chi connectivity index (χ0n) is 7.83. The Hall–Kier alpha value is -1.10. The first kappa shape index (κ1) is 11.9. The van der Waals surface area contributed by atoms with Gasteiger partial charge in [-0.25, -0.2) is 5.11 Å². The van der Waals surface area contributed by atoms with Crippen LogP contribution in [0.5, 0.6) is 0 Å². The number of nitrogens with one attached hydrogen (secondary N) is 1. The molecular formula is C8H14NO4. The number of esters is 1. The molecule has 5 nitrogen and oxygen atoms in total. The van der Waals surface area contributed by atoms with Crippen molar-refractivity contribution in [1.82, 2.24) is 5.32 Å². The lowest BCUT2D eigenvalue weighted by molar-refractivity contribution is -0.144. The molecule has 0 fully saturated rings. The van der Waals surface area contributed by atoms with Gasteiger partial charge >= 0.3 is 5.97 Å². The summed E-state index contributed by atoms with van der Waals surface area (Å²) in [6.07, 6.45) is 0.